The number of carbonyl (C=O) groups is 1. The van der Waals surface area contributed by atoms with Crippen LogP contribution in [0.2, 0.25) is 10.0 Å². The van der Waals surface area contributed by atoms with E-state index in [4.69, 9.17) is 27.9 Å². The topological polar surface area (TPSA) is 75.7 Å². The van der Waals surface area contributed by atoms with Crippen LogP contribution in [0.15, 0.2) is 42.5 Å². The summed E-state index contributed by atoms with van der Waals surface area (Å²) in [5, 5.41) is 3.44. The number of halogens is 2. The monoisotopic (exact) mass is 486 g/mol. The minimum atomic E-state index is -3.56. The summed E-state index contributed by atoms with van der Waals surface area (Å²) in [7, 11) is -3.56. The number of nitrogens with one attached hydrogen (secondary N) is 1. The average Bonchev–Trinajstić information content (AvgIpc) is 2.70. The molecule has 0 aromatic heterocycles. The van der Waals surface area contributed by atoms with Crippen molar-refractivity contribution >= 4 is 44.8 Å². The van der Waals surface area contributed by atoms with Gasteiger partial charge in [-0.25, -0.2) is 8.42 Å². The Morgan fingerprint density at radius 1 is 1.13 bits per heavy atom. The van der Waals surface area contributed by atoms with Crippen LogP contribution >= 0.6 is 23.2 Å². The molecule has 0 aliphatic carbocycles. The summed E-state index contributed by atoms with van der Waals surface area (Å²) < 4.78 is 31.1. The van der Waals surface area contributed by atoms with Crippen LogP contribution < -0.4 is 14.4 Å². The van der Waals surface area contributed by atoms with E-state index in [1.807, 2.05) is 24.3 Å². The molecule has 0 spiro atoms. The minimum absolute atomic E-state index is 0.133. The zero-order chi connectivity index (χ0) is 22.9. The Morgan fingerprint density at radius 3 is 2.45 bits per heavy atom. The zero-order valence-electron chi connectivity index (χ0n) is 17.7. The summed E-state index contributed by atoms with van der Waals surface area (Å²) in [6.45, 7) is 3.00. The summed E-state index contributed by atoms with van der Waals surface area (Å²) in [5.74, 6) is 0.593. The number of benzene rings is 2. The Labute approximate surface area is 194 Å². The third-order valence-corrected chi connectivity index (χ3v) is 6.22. The van der Waals surface area contributed by atoms with E-state index < -0.39 is 10.0 Å². The third kappa shape index (κ3) is 8.59. The first kappa shape index (κ1) is 25.3. The van der Waals surface area contributed by atoms with E-state index in [2.05, 4.69) is 12.2 Å². The molecule has 1 amide bonds. The molecule has 0 unspecified atom stereocenters. The van der Waals surface area contributed by atoms with Crippen LogP contribution in [-0.4, -0.2) is 40.3 Å². The summed E-state index contributed by atoms with van der Waals surface area (Å²) >= 11 is 12.0. The molecule has 170 valence electrons. The summed E-state index contributed by atoms with van der Waals surface area (Å²) in [6, 6.07) is 12.5. The summed E-state index contributed by atoms with van der Waals surface area (Å²) in [6.07, 6.45) is 3.77. The molecule has 0 saturated heterocycles. The molecule has 0 aliphatic rings. The van der Waals surface area contributed by atoms with Gasteiger partial charge in [-0.05, 0) is 48.7 Å². The van der Waals surface area contributed by atoms with Gasteiger partial charge in [0, 0.05) is 18.0 Å². The highest BCUT2D eigenvalue weighted by atomic mass is 35.5. The van der Waals surface area contributed by atoms with Crippen molar-refractivity contribution in [3.63, 3.8) is 0 Å². The molecule has 0 fully saturated rings. The van der Waals surface area contributed by atoms with E-state index in [-0.39, 0.29) is 23.9 Å². The fraction of sp³-hybridized carbons (Fsp3) is 0.409. The largest absolute Gasteiger partial charge is 0.492 e. The van der Waals surface area contributed by atoms with Crippen LogP contribution in [0, 0.1) is 0 Å². The number of sulfonamides is 1. The normalized spacial score (nSPS) is 11.2. The molecule has 6 nitrogen and oxygen atoms in total. The second kappa shape index (κ2) is 12.2. The maximum Gasteiger partial charge on any atom is 0.232 e. The molecule has 0 aliphatic heterocycles. The van der Waals surface area contributed by atoms with Crippen LogP contribution in [-0.2, 0) is 21.2 Å². The summed E-state index contributed by atoms with van der Waals surface area (Å²) in [5.41, 5.74) is 1.61. The molecule has 0 heterocycles. The Morgan fingerprint density at radius 2 is 1.84 bits per heavy atom. The summed E-state index contributed by atoms with van der Waals surface area (Å²) in [4.78, 5) is 12.1. The van der Waals surface area contributed by atoms with Gasteiger partial charge >= 0.3 is 0 Å². The van der Waals surface area contributed by atoms with Gasteiger partial charge in [0.25, 0.3) is 0 Å². The quantitative estimate of drug-likeness (QED) is 0.441. The number of ether oxygens (including phenoxy) is 1. The van der Waals surface area contributed by atoms with Gasteiger partial charge in [0.2, 0.25) is 15.9 Å². The van der Waals surface area contributed by atoms with Crippen molar-refractivity contribution in [1.29, 1.82) is 0 Å². The molecule has 9 heteroatoms. The fourth-order valence-electron chi connectivity index (χ4n) is 3.02. The van der Waals surface area contributed by atoms with E-state index in [1.54, 1.807) is 12.1 Å². The lowest BCUT2D eigenvalue weighted by Gasteiger charge is -2.23. The maximum atomic E-state index is 12.2. The average molecular weight is 487 g/mol. The van der Waals surface area contributed by atoms with Gasteiger partial charge < -0.3 is 10.1 Å². The number of nitrogens with zero attached hydrogens (tertiary/aromatic N) is 1. The number of hydrogen-bond donors (Lipinski definition) is 1. The predicted molar refractivity (Wildman–Crippen MR) is 127 cm³/mol. The first-order valence-corrected chi connectivity index (χ1v) is 12.7. The van der Waals surface area contributed by atoms with Gasteiger partial charge in [0.05, 0.1) is 23.5 Å². The number of aryl methyl sites for hydroxylation is 1. The minimum Gasteiger partial charge on any atom is -0.492 e. The molecule has 2 aromatic carbocycles. The maximum absolute atomic E-state index is 12.2. The van der Waals surface area contributed by atoms with Crippen molar-refractivity contribution in [3.8, 4) is 5.75 Å². The molecule has 0 bridgehead atoms. The van der Waals surface area contributed by atoms with Crippen molar-refractivity contribution in [1.82, 2.24) is 5.32 Å². The van der Waals surface area contributed by atoms with Gasteiger partial charge in [0.1, 0.15) is 12.4 Å². The van der Waals surface area contributed by atoms with Crippen molar-refractivity contribution < 1.29 is 17.9 Å². The number of anilines is 1. The first-order valence-electron chi connectivity index (χ1n) is 10.1. The molecule has 31 heavy (non-hydrogen) atoms. The fourth-order valence-corrected chi connectivity index (χ4v) is 4.56. The van der Waals surface area contributed by atoms with Gasteiger partial charge in [-0.15, -0.1) is 0 Å². The Balaban J connectivity index is 1.75. The van der Waals surface area contributed by atoms with Crippen molar-refractivity contribution in [3.05, 3.63) is 58.1 Å². The standard InChI is InChI=1S/C22H28Cl2N2O4S/c1-3-5-17-7-10-19(11-8-17)30-15-13-25-22(27)6-4-14-26(31(2,28)29)21-12-9-18(23)16-20(21)24/h7-12,16H,3-6,13-15H2,1-2H3,(H,25,27). The Kier molecular flexibility index (Phi) is 9.93. The number of rotatable bonds is 12. The molecule has 0 saturated carbocycles. The molecule has 0 radical (unpaired) electrons. The molecule has 2 rings (SSSR count). The molecular formula is C22H28Cl2N2O4S. The lowest BCUT2D eigenvalue weighted by molar-refractivity contribution is -0.121. The van der Waals surface area contributed by atoms with Gasteiger partial charge in [-0.1, -0.05) is 48.7 Å². The zero-order valence-corrected chi connectivity index (χ0v) is 20.1. The molecular weight excluding hydrogens is 459 g/mol. The van der Waals surface area contributed by atoms with Crippen molar-refractivity contribution in [2.24, 2.45) is 0 Å². The second-order valence-electron chi connectivity index (χ2n) is 7.13. The van der Waals surface area contributed by atoms with Crippen LogP contribution in [0.4, 0.5) is 5.69 Å². The van der Waals surface area contributed by atoms with Crippen LogP contribution in [0.3, 0.4) is 0 Å². The molecule has 0 atom stereocenters. The molecule has 1 N–H and O–H groups in total. The van der Waals surface area contributed by atoms with Crippen LogP contribution in [0.5, 0.6) is 5.75 Å². The van der Waals surface area contributed by atoms with E-state index in [0.29, 0.717) is 30.3 Å². The van der Waals surface area contributed by atoms with Gasteiger partial charge in [-0.3, -0.25) is 9.10 Å². The Hall–Kier alpha value is -1.96. The highest BCUT2D eigenvalue weighted by Gasteiger charge is 2.20. The number of hydrogen-bond acceptors (Lipinski definition) is 4. The first-order chi connectivity index (χ1) is 14.7. The van der Waals surface area contributed by atoms with Crippen LogP contribution in [0.1, 0.15) is 31.7 Å². The predicted octanol–water partition coefficient (Wildman–Crippen LogP) is 4.69. The SMILES string of the molecule is CCCc1ccc(OCCNC(=O)CCCN(c2ccc(Cl)cc2Cl)S(C)(=O)=O)cc1. The van der Waals surface area contributed by atoms with E-state index in [9.17, 15) is 13.2 Å². The van der Waals surface area contributed by atoms with Crippen molar-refractivity contribution in [2.75, 3.05) is 30.3 Å². The highest BCUT2D eigenvalue weighted by Crippen LogP contribution is 2.30. The van der Waals surface area contributed by atoms with E-state index in [1.165, 1.54) is 15.9 Å². The smallest absolute Gasteiger partial charge is 0.232 e. The highest BCUT2D eigenvalue weighted by molar-refractivity contribution is 7.92. The molecule has 2 aromatic rings. The van der Waals surface area contributed by atoms with Gasteiger partial charge in [-0.2, -0.15) is 0 Å². The van der Waals surface area contributed by atoms with E-state index in [0.717, 1.165) is 24.8 Å². The van der Waals surface area contributed by atoms with Crippen molar-refractivity contribution in [2.45, 2.75) is 32.6 Å². The van der Waals surface area contributed by atoms with Crippen LogP contribution in [0.25, 0.3) is 0 Å². The number of amides is 1. The Bertz CT molecular complexity index is 966. The lowest BCUT2D eigenvalue weighted by Crippen LogP contribution is -2.33. The van der Waals surface area contributed by atoms with E-state index >= 15 is 0 Å². The third-order valence-electron chi connectivity index (χ3n) is 4.50. The number of carbonyl (C=O) groups excluding carboxylic acids is 1. The van der Waals surface area contributed by atoms with Gasteiger partial charge in [0.15, 0.2) is 0 Å². The lowest BCUT2D eigenvalue weighted by atomic mass is 10.1. The second-order valence-corrected chi connectivity index (χ2v) is 9.88.